The molecule has 8 heteroatoms. The van der Waals surface area contributed by atoms with Crippen molar-refractivity contribution in [2.45, 2.75) is 155 Å². The molecule has 72 heavy (non-hydrogen) atoms. The Bertz CT molecular complexity index is 2420. The van der Waals surface area contributed by atoms with Gasteiger partial charge < -0.3 is 23.4 Å². The van der Waals surface area contributed by atoms with Gasteiger partial charge in [0.1, 0.15) is 5.60 Å². The van der Waals surface area contributed by atoms with Crippen LogP contribution >= 0.6 is 0 Å². The van der Waals surface area contributed by atoms with Gasteiger partial charge in [0.15, 0.2) is 0 Å². The molecular formula is C64H86O6Si2. The lowest BCUT2D eigenvalue weighted by atomic mass is 9.61. The van der Waals surface area contributed by atoms with Crippen LogP contribution in [0.2, 0.25) is 10.1 Å². The van der Waals surface area contributed by atoms with E-state index in [2.05, 4.69) is 201 Å². The van der Waals surface area contributed by atoms with Crippen LogP contribution in [-0.4, -0.2) is 58.9 Å². The summed E-state index contributed by atoms with van der Waals surface area (Å²) in [5, 5.41) is 15.2. The van der Waals surface area contributed by atoms with Crippen molar-refractivity contribution in [1.29, 1.82) is 0 Å². The molecule has 386 valence electrons. The van der Waals surface area contributed by atoms with Crippen LogP contribution in [0, 0.1) is 29.1 Å². The van der Waals surface area contributed by atoms with Gasteiger partial charge in [0.2, 0.25) is 0 Å². The van der Waals surface area contributed by atoms with Gasteiger partial charge in [-0.2, -0.15) is 0 Å². The quantitative estimate of drug-likeness (QED) is 0.0645. The number of hydrogen-bond donors (Lipinski definition) is 1. The summed E-state index contributed by atoms with van der Waals surface area (Å²) in [6, 6.07) is 44.1. The zero-order chi connectivity index (χ0) is 52.0. The lowest BCUT2D eigenvalue weighted by Crippen LogP contribution is -2.69. The molecule has 3 aliphatic rings. The molecule has 0 spiro atoms. The number of aliphatic hydroxyl groups is 1. The average Bonchev–Trinajstić information content (AvgIpc) is 3.72. The van der Waals surface area contributed by atoms with Crippen LogP contribution in [0.5, 0.6) is 0 Å². The summed E-state index contributed by atoms with van der Waals surface area (Å²) in [5.41, 5.74) is 3.03. The highest BCUT2D eigenvalue weighted by atomic mass is 28.4. The summed E-state index contributed by atoms with van der Waals surface area (Å²) in [6.07, 6.45) is 16.0. The van der Waals surface area contributed by atoms with Crippen LogP contribution in [0.15, 0.2) is 169 Å². The summed E-state index contributed by atoms with van der Waals surface area (Å²) in [4.78, 5) is 12.4. The fraction of sp³-hybridized carbons (Fsp3) is 0.484. The molecule has 0 heterocycles. The fourth-order valence-electron chi connectivity index (χ4n) is 13.1. The van der Waals surface area contributed by atoms with Gasteiger partial charge in [-0.1, -0.05) is 220 Å². The molecule has 0 bridgehead atoms. The molecule has 3 fully saturated rings. The summed E-state index contributed by atoms with van der Waals surface area (Å²) >= 11 is 0. The molecule has 0 amide bonds. The first kappa shape index (κ1) is 55.2. The molecular weight excluding hydrogens is 921 g/mol. The maximum Gasteiger partial charge on any atom is 0.508 e. The number of carbonyl (C=O) groups is 1. The number of rotatable bonds is 17. The first-order valence-corrected chi connectivity index (χ1v) is 30.8. The number of carbonyl (C=O) groups excluding carboxylic acids is 1. The molecule has 0 aromatic heterocycles. The van der Waals surface area contributed by atoms with Gasteiger partial charge in [-0.25, -0.2) is 4.79 Å². The number of benzene rings is 4. The Balaban J connectivity index is 1.27. The molecule has 6 nitrogen and oxygen atoms in total. The van der Waals surface area contributed by atoms with Crippen molar-refractivity contribution in [3.05, 3.63) is 169 Å². The van der Waals surface area contributed by atoms with E-state index in [1.807, 2.05) is 20.8 Å². The van der Waals surface area contributed by atoms with Crippen molar-refractivity contribution >= 4 is 43.5 Å². The summed E-state index contributed by atoms with van der Waals surface area (Å²) in [5.74, 6) is 0.874. The predicted octanol–water partition coefficient (Wildman–Crippen LogP) is 13.4. The van der Waals surface area contributed by atoms with Crippen molar-refractivity contribution < 1.29 is 28.2 Å². The Hall–Kier alpha value is -4.58. The van der Waals surface area contributed by atoms with Crippen molar-refractivity contribution in [2.24, 2.45) is 29.1 Å². The van der Waals surface area contributed by atoms with E-state index in [-0.39, 0.29) is 46.1 Å². The molecule has 0 aliphatic heterocycles. The zero-order valence-corrected chi connectivity index (χ0v) is 47.6. The molecule has 7 rings (SSSR count). The molecule has 1 N–H and O–H groups in total. The lowest BCUT2D eigenvalue weighted by molar-refractivity contribution is -0.0467. The normalized spacial score (nSPS) is 24.3. The van der Waals surface area contributed by atoms with E-state index in [1.54, 1.807) is 0 Å². The molecule has 4 aromatic rings. The molecule has 3 aliphatic carbocycles. The van der Waals surface area contributed by atoms with Gasteiger partial charge in [0.25, 0.3) is 16.6 Å². The number of fused-ring (bicyclic) bond motifs is 1. The molecule has 4 aromatic carbocycles. The SMILES string of the molecule is C=C1C(=CC=C2CCC[C@]3(C)[C@@H]([C@H](C)C=CC(CO)C(C)(C)OC(=O)OCCC)CC[C@@H]23)C[C@@H](O[Si](c2ccccc2)(c2ccccc2)C(C)(C)C)C[C@@H]1O[Si](c1ccccc1)(c1ccccc1)C(C)(C)C. The van der Waals surface area contributed by atoms with Crippen LogP contribution in [-0.2, 0) is 18.3 Å². The number of aliphatic hydroxyl groups excluding tert-OH is 1. The highest BCUT2D eigenvalue weighted by Gasteiger charge is 2.55. The molecule has 0 saturated heterocycles. The number of ether oxygens (including phenoxy) is 2. The van der Waals surface area contributed by atoms with E-state index in [1.165, 1.54) is 38.3 Å². The standard InChI is InChI=1S/C64H86O6Si2/c1-13-43-67-60(66)68-63(10,11)51(46-65)39-36-47(2)57-40-41-58-49(27-26-42-64(57,58)12)37-38-50-44-52(69-71(61(4,5)6,53-28-18-14-19-29-53)54-30-20-15-21-31-54)45-59(48(50)3)70-72(62(7,8)9,55-32-22-16-23-33-55)56-34-24-17-25-35-56/h14-25,28-39,47,51-52,57-59,65H,3,13,26-27,40-46H2,1-2,4-12H3/t47-,51?,52-,57-,58+,59+,64-/m1/s1. The van der Waals surface area contributed by atoms with Gasteiger partial charge in [0.05, 0.1) is 25.4 Å². The maximum atomic E-state index is 12.4. The van der Waals surface area contributed by atoms with E-state index in [0.29, 0.717) is 24.9 Å². The second kappa shape index (κ2) is 22.9. The maximum absolute atomic E-state index is 12.4. The Kier molecular flexibility index (Phi) is 17.6. The van der Waals surface area contributed by atoms with E-state index in [0.717, 1.165) is 44.1 Å². The van der Waals surface area contributed by atoms with Crippen LogP contribution < -0.4 is 20.7 Å². The van der Waals surface area contributed by atoms with E-state index in [4.69, 9.17) is 24.9 Å². The summed E-state index contributed by atoms with van der Waals surface area (Å²) < 4.78 is 27.1. The largest absolute Gasteiger partial charge is 0.508 e. The van der Waals surface area contributed by atoms with Gasteiger partial charge in [-0.05, 0) is 124 Å². The second-order valence-corrected chi connectivity index (χ2v) is 32.5. The van der Waals surface area contributed by atoms with Gasteiger partial charge in [-0.3, -0.25) is 0 Å². The molecule has 0 radical (unpaired) electrons. The fourth-order valence-corrected chi connectivity index (χ4v) is 22.5. The first-order chi connectivity index (χ1) is 34.2. The van der Waals surface area contributed by atoms with Crippen molar-refractivity contribution in [2.75, 3.05) is 13.2 Å². The van der Waals surface area contributed by atoms with E-state index in [9.17, 15) is 9.90 Å². The highest BCUT2D eigenvalue weighted by molar-refractivity contribution is 7.00. The Morgan fingerprint density at radius 2 is 1.25 bits per heavy atom. The van der Waals surface area contributed by atoms with Crippen LogP contribution in [0.4, 0.5) is 4.79 Å². The summed E-state index contributed by atoms with van der Waals surface area (Å²) in [7, 11) is -5.94. The van der Waals surface area contributed by atoms with Crippen LogP contribution in [0.3, 0.4) is 0 Å². The minimum absolute atomic E-state index is 0.123. The van der Waals surface area contributed by atoms with Crippen molar-refractivity contribution in [3.63, 3.8) is 0 Å². The van der Waals surface area contributed by atoms with Crippen molar-refractivity contribution in [3.8, 4) is 0 Å². The average molecular weight is 1010 g/mol. The minimum atomic E-state index is -3.00. The third-order valence-corrected chi connectivity index (χ3v) is 27.0. The van der Waals surface area contributed by atoms with E-state index < -0.39 is 28.4 Å². The summed E-state index contributed by atoms with van der Waals surface area (Å²) in [6.45, 7) is 29.9. The molecule has 7 atom stereocenters. The monoisotopic (exact) mass is 1010 g/mol. The predicted molar refractivity (Wildman–Crippen MR) is 303 cm³/mol. The Morgan fingerprint density at radius 1 is 0.750 bits per heavy atom. The zero-order valence-electron chi connectivity index (χ0n) is 45.6. The molecule has 3 saturated carbocycles. The van der Waals surface area contributed by atoms with Gasteiger partial charge in [-0.15, -0.1) is 0 Å². The topological polar surface area (TPSA) is 74.2 Å². The second-order valence-electron chi connectivity index (χ2n) is 24.0. The Labute approximate surface area is 436 Å². The smallest absolute Gasteiger partial charge is 0.434 e. The number of hydrogen-bond acceptors (Lipinski definition) is 6. The van der Waals surface area contributed by atoms with Crippen LogP contribution in [0.25, 0.3) is 0 Å². The van der Waals surface area contributed by atoms with Gasteiger partial charge >= 0.3 is 6.16 Å². The van der Waals surface area contributed by atoms with Gasteiger partial charge in [0, 0.05) is 12.3 Å². The first-order valence-electron chi connectivity index (χ1n) is 27.0. The van der Waals surface area contributed by atoms with E-state index >= 15 is 0 Å². The van der Waals surface area contributed by atoms with Crippen molar-refractivity contribution in [1.82, 2.24) is 0 Å². The highest BCUT2D eigenvalue weighted by Crippen LogP contribution is 2.60. The van der Waals surface area contributed by atoms with Crippen LogP contribution in [0.1, 0.15) is 128 Å². The number of allylic oxidation sites excluding steroid dienone is 4. The lowest BCUT2D eigenvalue weighted by Gasteiger charge is -2.49. The Morgan fingerprint density at radius 3 is 1.72 bits per heavy atom. The minimum Gasteiger partial charge on any atom is -0.434 e. The molecule has 1 unspecified atom stereocenters. The third kappa shape index (κ3) is 11.4. The third-order valence-electron chi connectivity index (χ3n) is 16.9.